The third-order valence-corrected chi connectivity index (χ3v) is 4.12. The van der Waals surface area contributed by atoms with Crippen LogP contribution in [-0.2, 0) is 16.4 Å². The molecular formula is C15H25N3O3S. The van der Waals surface area contributed by atoms with Gasteiger partial charge in [0, 0.05) is 13.1 Å². The van der Waals surface area contributed by atoms with E-state index in [1.807, 2.05) is 0 Å². The summed E-state index contributed by atoms with van der Waals surface area (Å²) >= 11 is 0. The van der Waals surface area contributed by atoms with Gasteiger partial charge in [-0.05, 0) is 42.9 Å². The lowest BCUT2D eigenvalue weighted by Gasteiger charge is -2.09. The highest BCUT2D eigenvalue weighted by molar-refractivity contribution is 7.89. The molecule has 0 saturated heterocycles. The van der Waals surface area contributed by atoms with Gasteiger partial charge in [0.15, 0.2) is 0 Å². The number of benzene rings is 1. The van der Waals surface area contributed by atoms with E-state index in [4.69, 9.17) is 5.14 Å². The molecule has 4 N–H and O–H groups in total. The molecule has 0 heterocycles. The van der Waals surface area contributed by atoms with Crippen molar-refractivity contribution in [3.8, 4) is 0 Å². The molecule has 2 amide bonds. The molecule has 0 saturated carbocycles. The number of amides is 2. The van der Waals surface area contributed by atoms with Crippen molar-refractivity contribution in [2.75, 3.05) is 13.1 Å². The van der Waals surface area contributed by atoms with Crippen molar-refractivity contribution in [2.45, 2.75) is 38.0 Å². The Morgan fingerprint density at radius 3 is 2.27 bits per heavy atom. The molecule has 22 heavy (non-hydrogen) atoms. The van der Waals surface area contributed by atoms with Gasteiger partial charge in [0.25, 0.3) is 0 Å². The monoisotopic (exact) mass is 327 g/mol. The fraction of sp³-hybridized carbons (Fsp3) is 0.533. The molecule has 0 aliphatic rings. The van der Waals surface area contributed by atoms with Crippen LogP contribution >= 0.6 is 0 Å². The van der Waals surface area contributed by atoms with Crippen LogP contribution in [0.2, 0.25) is 0 Å². The smallest absolute Gasteiger partial charge is 0.314 e. The zero-order chi connectivity index (χ0) is 16.6. The van der Waals surface area contributed by atoms with Gasteiger partial charge >= 0.3 is 6.03 Å². The van der Waals surface area contributed by atoms with Gasteiger partial charge in [0.1, 0.15) is 0 Å². The van der Waals surface area contributed by atoms with Crippen molar-refractivity contribution in [2.24, 2.45) is 11.1 Å². The summed E-state index contributed by atoms with van der Waals surface area (Å²) in [7, 11) is -3.64. The van der Waals surface area contributed by atoms with Crippen LogP contribution in [0.15, 0.2) is 29.2 Å². The van der Waals surface area contributed by atoms with Gasteiger partial charge in [-0.25, -0.2) is 18.4 Å². The van der Waals surface area contributed by atoms with E-state index in [-0.39, 0.29) is 10.9 Å². The van der Waals surface area contributed by atoms with Gasteiger partial charge in [-0.15, -0.1) is 0 Å². The molecule has 1 aromatic carbocycles. The summed E-state index contributed by atoms with van der Waals surface area (Å²) in [5, 5.41) is 10.6. The van der Waals surface area contributed by atoms with Gasteiger partial charge in [0.2, 0.25) is 10.0 Å². The molecule has 0 fully saturated rings. The first-order chi connectivity index (χ1) is 10.3. The highest BCUT2D eigenvalue weighted by Crippen LogP contribution is 2.10. The summed E-state index contributed by atoms with van der Waals surface area (Å²) in [6.07, 6.45) is 2.51. The highest BCUT2D eigenvalue weighted by atomic mass is 32.2. The van der Waals surface area contributed by atoms with Crippen molar-refractivity contribution in [1.82, 2.24) is 10.6 Å². The first-order valence-corrected chi connectivity index (χ1v) is 8.97. The Morgan fingerprint density at radius 1 is 1.14 bits per heavy atom. The number of hydrogen-bond donors (Lipinski definition) is 3. The average Bonchev–Trinajstić information content (AvgIpc) is 2.43. The molecule has 0 aliphatic carbocycles. The summed E-state index contributed by atoms with van der Waals surface area (Å²) in [5.41, 5.74) is 1.01. The third-order valence-electron chi connectivity index (χ3n) is 3.19. The molecule has 0 bridgehead atoms. The Kier molecular flexibility index (Phi) is 7.34. The fourth-order valence-electron chi connectivity index (χ4n) is 1.88. The fourth-order valence-corrected chi connectivity index (χ4v) is 2.39. The number of nitrogens with one attached hydrogen (secondary N) is 2. The molecule has 6 nitrogen and oxygen atoms in total. The zero-order valence-corrected chi connectivity index (χ0v) is 13.9. The number of rotatable bonds is 8. The van der Waals surface area contributed by atoms with Crippen molar-refractivity contribution in [1.29, 1.82) is 0 Å². The molecule has 0 aromatic heterocycles. The number of carbonyl (C=O) groups excluding carboxylic acids is 1. The normalized spacial score (nSPS) is 11.5. The Morgan fingerprint density at radius 2 is 1.73 bits per heavy atom. The molecular weight excluding hydrogens is 302 g/mol. The van der Waals surface area contributed by atoms with E-state index in [0.717, 1.165) is 24.8 Å². The first-order valence-electron chi connectivity index (χ1n) is 7.42. The quantitative estimate of drug-likeness (QED) is 0.632. The summed E-state index contributed by atoms with van der Waals surface area (Å²) in [6.45, 7) is 5.48. The summed E-state index contributed by atoms with van der Waals surface area (Å²) in [5.74, 6) is 0.570. The molecule has 0 unspecified atom stereocenters. The van der Waals surface area contributed by atoms with Crippen LogP contribution in [0.5, 0.6) is 0 Å². The van der Waals surface area contributed by atoms with Crippen LogP contribution in [-0.4, -0.2) is 27.5 Å². The second-order valence-electron chi connectivity index (χ2n) is 5.66. The second kappa shape index (κ2) is 8.75. The molecule has 1 aromatic rings. The maximum atomic E-state index is 11.5. The van der Waals surface area contributed by atoms with Gasteiger partial charge in [-0.2, -0.15) is 0 Å². The first kappa shape index (κ1) is 18.4. The number of hydrogen-bond acceptors (Lipinski definition) is 3. The number of sulfonamides is 1. The largest absolute Gasteiger partial charge is 0.338 e. The van der Waals surface area contributed by atoms with Crippen LogP contribution < -0.4 is 15.8 Å². The number of aryl methyl sites for hydroxylation is 1. The molecule has 0 atom stereocenters. The van der Waals surface area contributed by atoms with Crippen LogP contribution in [0.4, 0.5) is 4.79 Å². The number of carbonyl (C=O) groups is 1. The van der Waals surface area contributed by atoms with E-state index < -0.39 is 10.0 Å². The highest BCUT2D eigenvalue weighted by Gasteiger charge is 2.06. The van der Waals surface area contributed by atoms with E-state index in [1.165, 1.54) is 12.1 Å². The second-order valence-corrected chi connectivity index (χ2v) is 7.22. The molecule has 0 aliphatic heterocycles. The van der Waals surface area contributed by atoms with Crippen LogP contribution in [0, 0.1) is 5.92 Å². The Hall–Kier alpha value is -1.60. The molecule has 1 rings (SSSR count). The molecule has 0 spiro atoms. The number of primary sulfonamides is 1. The Labute approximate surface area is 132 Å². The minimum atomic E-state index is -3.64. The Balaban J connectivity index is 2.23. The average molecular weight is 327 g/mol. The third kappa shape index (κ3) is 7.42. The van der Waals surface area contributed by atoms with Crippen molar-refractivity contribution >= 4 is 16.1 Å². The topological polar surface area (TPSA) is 101 Å². The van der Waals surface area contributed by atoms with Gasteiger partial charge in [-0.3, -0.25) is 0 Å². The zero-order valence-electron chi connectivity index (χ0n) is 13.1. The van der Waals surface area contributed by atoms with Gasteiger partial charge < -0.3 is 10.6 Å². The summed E-state index contributed by atoms with van der Waals surface area (Å²) < 4.78 is 22.3. The van der Waals surface area contributed by atoms with Gasteiger partial charge in [-0.1, -0.05) is 26.0 Å². The molecule has 0 radical (unpaired) electrons. The minimum absolute atomic E-state index is 0.110. The van der Waals surface area contributed by atoms with Crippen LogP contribution in [0.1, 0.15) is 32.3 Å². The van der Waals surface area contributed by atoms with E-state index in [2.05, 4.69) is 24.5 Å². The van der Waals surface area contributed by atoms with Crippen molar-refractivity contribution < 1.29 is 13.2 Å². The van der Waals surface area contributed by atoms with E-state index >= 15 is 0 Å². The maximum absolute atomic E-state index is 11.5. The summed E-state index contributed by atoms with van der Waals surface area (Å²) in [6, 6.07) is 6.32. The van der Waals surface area contributed by atoms with E-state index in [0.29, 0.717) is 19.0 Å². The van der Waals surface area contributed by atoms with Crippen molar-refractivity contribution in [3.05, 3.63) is 29.8 Å². The number of urea groups is 1. The lowest BCUT2D eigenvalue weighted by molar-refractivity contribution is 0.240. The molecule has 124 valence electrons. The summed E-state index contributed by atoms with van der Waals surface area (Å²) in [4.78, 5) is 11.6. The lowest BCUT2D eigenvalue weighted by atomic mass is 10.1. The standard InChI is InChI=1S/C15H25N3O3S/c1-12(2)9-11-18-15(19)17-10-3-4-13-5-7-14(8-6-13)22(16,20)21/h5-8,12H,3-4,9-11H2,1-2H3,(H2,16,20,21)(H2,17,18,19). The van der Waals surface area contributed by atoms with Crippen LogP contribution in [0.3, 0.4) is 0 Å². The molecule has 7 heteroatoms. The predicted octanol–water partition coefficient (Wildman–Crippen LogP) is 1.61. The Bertz CT molecular complexity index is 568. The van der Waals surface area contributed by atoms with E-state index in [1.54, 1.807) is 12.1 Å². The van der Waals surface area contributed by atoms with Crippen molar-refractivity contribution in [3.63, 3.8) is 0 Å². The SMILES string of the molecule is CC(C)CCNC(=O)NCCCc1ccc(S(N)(=O)=O)cc1. The van der Waals surface area contributed by atoms with Gasteiger partial charge in [0.05, 0.1) is 4.90 Å². The lowest BCUT2D eigenvalue weighted by Crippen LogP contribution is -2.36. The van der Waals surface area contributed by atoms with Crippen LogP contribution in [0.25, 0.3) is 0 Å². The predicted molar refractivity (Wildman–Crippen MR) is 87.0 cm³/mol. The maximum Gasteiger partial charge on any atom is 0.314 e. The van der Waals surface area contributed by atoms with E-state index in [9.17, 15) is 13.2 Å². The number of nitrogens with two attached hydrogens (primary N) is 1. The minimum Gasteiger partial charge on any atom is -0.338 e.